The van der Waals surface area contributed by atoms with Crippen LogP contribution in [-0.4, -0.2) is 6.03 Å². The summed E-state index contributed by atoms with van der Waals surface area (Å²) in [5, 5.41) is 3.06. The number of nitrogens with zero attached hydrogens (tertiary/aromatic N) is 2. The van der Waals surface area contributed by atoms with Crippen molar-refractivity contribution in [3.05, 3.63) is 33.6 Å². The third-order valence-electron chi connectivity index (χ3n) is 1.34. The number of amides is 2. The molecule has 0 unspecified atom stereocenters. The van der Waals surface area contributed by atoms with Gasteiger partial charge in [0.15, 0.2) is 0 Å². The Bertz CT molecular complexity index is 342. The van der Waals surface area contributed by atoms with Crippen molar-refractivity contribution in [3.8, 4) is 0 Å². The van der Waals surface area contributed by atoms with Crippen LogP contribution < -0.4 is 10.7 Å². The van der Waals surface area contributed by atoms with Gasteiger partial charge in [-0.3, -0.25) is 0 Å². The monoisotopic (exact) mass is 243 g/mol. The molecule has 0 bridgehead atoms. The molecular formula is C7H6BrN3O2. The minimum Gasteiger partial charge on any atom is -0.350 e. The lowest BCUT2D eigenvalue weighted by molar-refractivity contribution is 0.254. The molecule has 5 nitrogen and oxygen atoms in total. The van der Waals surface area contributed by atoms with E-state index in [2.05, 4.69) is 21.2 Å². The van der Waals surface area contributed by atoms with Crippen LogP contribution in [0.4, 0.5) is 10.5 Å². The number of rotatable bonds is 2. The summed E-state index contributed by atoms with van der Waals surface area (Å²) in [7, 11) is 0. The molecule has 68 valence electrons. The zero-order valence-electron chi connectivity index (χ0n) is 6.48. The molecular weight excluding hydrogens is 238 g/mol. The molecule has 0 radical (unpaired) electrons. The lowest BCUT2D eigenvalue weighted by atomic mass is 10.3. The van der Waals surface area contributed by atoms with Crippen LogP contribution in [0.5, 0.6) is 0 Å². The van der Waals surface area contributed by atoms with Crippen LogP contribution >= 0.6 is 15.9 Å². The third kappa shape index (κ3) is 2.25. The van der Waals surface area contributed by atoms with E-state index in [4.69, 9.17) is 5.73 Å². The zero-order valence-corrected chi connectivity index (χ0v) is 8.06. The Kier molecular flexibility index (Phi) is 2.97. The van der Waals surface area contributed by atoms with Gasteiger partial charge in [-0.1, -0.05) is 22.0 Å². The molecule has 0 heterocycles. The predicted molar refractivity (Wildman–Crippen MR) is 52.0 cm³/mol. The molecule has 0 aliphatic rings. The summed E-state index contributed by atoms with van der Waals surface area (Å²) >= 11 is 3.19. The van der Waals surface area contributed by atoms with Gasteiger partial charge in [-0.2, -0.15) is 0 Å². The molecule has 0 aliphatic carbocycles. The van der Waals surface area contributed by atoms with Crippen molar-refractivity contribution in [2.75, 3.05) is 5.01 Å². The molecule has 0 fully saturated rings. The Morgan fingerprint density at radius 2 is 2.23 bits per heavy atom. The number of nitroso groups, excluding NO2 is 1. The number of nitrogens with two attached hydrogens (primary N) is 1. The molecule has 6 heteroatoms. The van der Waals surface area contributed by atoms with E-state index in [9.17, 15) is 9.70 Å². The van der Waals surface area contributed by atoms with E-state index in [1.165, 1.54) is 0 Å². The number of benzene rings is 1. The minimum atomic E-state index is -0.909. The van der Waals surface area contributed by atoms with Gasteiger partial charge >= 0.3 is 6.03 Å². The van der Waals surface area contributed by atoms with Crippen LogP contribution in [0.2, 0.25) is 0 Å². The van der Waals surface area contributed by atoms with Gasteiger partial charge in [0.25, 0.3) is 0 Å². The summed E-state index contributed by atoms with van der Waals surface area (Å²) in [6.45, 7) is 0. The predicted octanol–water partition coefficient (Wildman–Crippen LogP) is 2.02. The highest BCUT2D eigenvalue weighted by atomic mass is 79.9. The fraction of sp³-hybridized carbons (Fsp3) is 0. The molecule has 0 saturated carbocycles. The van der Waals surface area contributed by atoms with Gasteiger partial charge in [-0.15, -0.1) is 9.92 Å². The third-order valence-corrected chi connectivity index (χ3v) is 1.84. The molecule has 13 heavy (non-hydrogen) atoms. The van der Waals surface area contributed by atoms with E-state index in [-0.39, 0.29) is 0 Å². The second-order valence-corrected chi connectivity index (χ2v) is 3.13. The molecule has 1 aromatic rings. The number of primary amides is 1. The molecule has 0 aromatic heterocycles. The van der Waals surface area contributed by atoms with Crippen molar-refractivity contribution >= 4 is 27.6 Å². The Balaban J connectivity index is 3.04. The lowest BCUT2D eigenvalue weighted by Crippen LogP contribution is -2.30. The summed E-state index contributed by atoms with van der Waals surface area (Å²) in [6, 6.07) is 5.63. The fourth-order valence-corrected chi connectivity index (χ4v) is 1.21. The Hall–Kier alpha value is -1.43. The molecule has 2 N–H and O–H groups in total. The Morgan fingerprint density at radius 3 is 2.69 bits per heavy atom. The van der Waals surface area contributed by atoms with E-state index < -0.39 is 6.03 Å². The van der Waals surface area contributed by atoms with Crippen LogP contribution in [0.15, 0.2) is 34.0 Å². The summed E-state index contributed by atoms with van der Waals surface area (Å²) in [6.07, 6.45) is 0. The smallest absolute Gasteiger partial charge is 0.342 e. The standard InChI is InChI=1S/C7H6BrN3O2/c8-5-2-1-3-6(4-5)11(10-13)7(9)12/h1-4H,(H2,9,12). The maximum atomic E-state index is 10.7. The maximum Gasteiger partial charge on any atom is 0.342 e. The van der Waals surface area contributed by atoms with E-state index in [1.54, 1.807) is 24.3 Å². The molecule has 0 atom stereocenters. The molecule has 2 amide bonds. The summed E-state index contributed by atoms with van der Waals surface area (Å²) in [4.78, 5) is 20.9. The quantitative estimate of drug-likeness (QED) is 0.638. The molecule has 0 spiro atoms. The first-order valence-electron chi connectivity index (χ1n) is 3.33. The summed E-state index contributed by atoms with van der Waals surface area (Å²) in [5.41, 5.74) is 5.24. The van der Waals surface area contributed by atoms with Crippen molar-refractivity contribution < 1.29 is 4.79 Å². The first-order valence-corrected chi connectivity index (χ1v) is 4.13. The average molecular weight is 244 g/mol. The largest absolute Gasteiger partial charge is 0.350 e. The van der Waals surface area contributed by atoms with Gasteiger partial charge in [0.1, 0.15) is 0 Å². The molecule has 0 aliphatic heterocycles. The van der Waals surface area contributed by atoms with Crippen molar-refractivity contribution in [2.45, 2.75) is 0 Å². The number of halogens is 1. The molecule has 0 saturated heterocycles. The van der Waals surface area contributed by atoms with E-state index in [0.717, 1.165) is 4.47 Å². The highest BCUT2D eigenvalue weighted by molar-refractivity contribution is 9.10. The van der Waals surface area contributed by atoms with Crippen LogP contribution in [0.3, 0.4) is 0 Å². The minimum absolute atomic E-state index is 0.330. The SMILES string of the molecule is NC(=O)N(N=O)c1cccc(Br)c1. The van der Waals surface area contributed by atoms with Crippen LogP contribution in [0.25, 0.3) is 0 Å². The number of hydrogen-bond donors (Lipinski definition) is 1. The van der Waals surface area contributed by atoms with E-state index in [0.29, 0.717) is 10.7 Å². The lowest BCUT2D eigenvalue weighted by Gasteiger charge is -2.09. The van der Waals surface area contributed by atoms with Gasteiger partial charge in [0.2, 0.25) is 0 Å². The van der Waals surface area contributed by atoms with Crippen molar-refractivity contribution in [2.24, 2.45) is 11.0 Å². The zero-order chi connectivity index (χ0) is 9.84. The van der Waals surface area contributed by atoms with E-state index >= 15 is 0 Å². The highest BCUT2D eigenvalue weighted by Gasteiger charge is 2.12. The van der Waals surface area contributed by atoms with Gasteiger partial charge in [-0.05, 0) is 18.2 Å². The Morgan fingerprint density at radius 1 is 1.54 bits per heavy atom. The van der Waals surface area contributed by atoms with Gasteiger partial charge in [0, 0.05) is 4.47 Å². The normalized spacial score (nSPS) is 9.31. The van der Waals surface area contributed by atoms with Crippen molar-refractivity contribution in [3.63, 3.8) is 0 Å². The van der Waals surface area contributed by atoms with Crippen LogP contribution in [0.1, 0.15) is 0 Å². The molecule has 1 aromatic carbocycles. The summed E-state index contributed by atoms with van der Waals surface area (Å²) < 4.78 is 0.736. The maximum absolute atomic E-state index is 10.7. The highest BCUT2D eigenvalue weighted by Crippen LogP contribution is 2.19. The molecule has 1 rings (SSSR count). The average Bonchev–Trinajstić information content (AvgIpc) is 2.04. The second kappa shape index (κ2) is 3.99. The number of hydrogen-bond acceptors (Lipinski definition) is 3. The number of carbonyl (C=O) groups excluding carboxylic acids is 1. The van der Waals surface area contributed by atoms with Crippen LogP contribution in [-0.2, 0) is 0 Å². The van der Waals surface area contributed by atoms with Gasteiger partial charge in [-0.25, -0.2) is 4.79 Å². The van der Waals surface area contributed by atoms with Crippen LogP contribution in [0, 0.1) is 4.91 Å². The van der Waals surface area contributed by atoms with Crippen molar-refractivity contribution in [1.82, 2.24) is 0 Å². The van der Waals surface area contributed by atoms with Gasteiger partial charge in [0.05, 0.1) is 11.0 Å². The fourth-order valence-electron chi connectivity index (χ4n) is 0.822. The number of anilines is 1. The van der Waals surface area contributed by atoms with Gasteiger partial charge < -0.3 is 5.73 Å². The first kappa shape index (κ1) is 9.66. The van der Waals surface area contributed by atoms with Crippen molar-refractivity contribution in [1.29, 1.82) is 0 Å². The first-order chi connectivity index (χ1) is 6.15. The number of carbonyl (C=O) groups is 1. The summed E-state index contributed by atoms with van der Waals surface area (Å²) in [5.74, 6) is 0. The number of urea groups is 1. The second-order valence-electron chi connectivity index (χ2n) is 2.21. The Labute approximate surface area is 82.6 Å². The van der Waals surface area contributed by atoms with E-state index in [1.807, 2.05) is 0 Å². The topological polar surface area (TPSA) is 75.8 Å².